The van der Waals surface area contributed by atoms with Crippen molar-refractivity contribution in [2.45, 2.75) is 6.54 Å². The van der Waals surface area contributed by atoms with Crippen molar-refractivity contribution in [3.05, 3.63) is 52.9 Å². The normalized spacial score (nSPS) is 10.2. The van der Waals surface area contributed by atoms with Crippen molar-refractivity contribution >= 4 is 18.3 Å². The van der Waals surface area contributed by atoms with E-state index in [0.717, 1.165) is 5.56 Å². The van der Waals surface area contributed by atoms with Crippen molar-refractivity contribution in [3.63, 3.8) is 0 Å². The summed E-state index contributed by atoms with van der Waals surface area (Å²) in [5, 5.41) is 9.86. The molecule has 0 unspecified atom stereocenters. The zero-order valence-corrected chi connectivity index (χ0v) is 9.50. The van der Waals surface area contributed by atoms with Crippen LogP contribution >= 0.6 is 12.2 Å². The second-order valence-electron chi connectivity index (χ2n) is 3.44. The van der Waals surface area contributed by atoms with Crippen molar-refractivity contribution in [1.29, 1.82) is 0 Å². The van der Waals surface area contributed by atoms with E-state index in [-0.39, 0.29) is 5.88 Å². The van der Waals surface area contributed by atoms with Crippen LogP contribution in [0.2, 0.25) is 0 Å². The Morgan fingerprint density at radius 1 is 1.38 bits per heavy atom. The molecule has 1 aromatic heterocycles. The summed E-state index contributed by atoms with van der Waals surface area (Å²) >= 11 is 5.13. The minimum Gasteiger partial charge on any atom is -0.493 e. The summed E-state index contributed by atoms with van der Waals surface area (Å²) in [6, 6.07) is 9.84. The second kappa shape index (κ2) is 4.37. The number of hydrogen-bond donors (Lipinski definition) is 2. The Kier molecular flexibility index (Phi) is 2.92. The minimum atomic E-state index is 0.129. The van der Waals surface area contributed by atoms with Gasteiger partial charge in [0.25, 0.3) is 0 Å². The van der Waals surface area contributed by atoms with Crippen LogP contribution in [0.25, 0.3) is 6.08 Å². The van der Waals surface area contributed by atoms with Crippen molar-refractivity contribution in [2.75, 3.05) is 0 Å². The van der Waals surface area contributed by atoms with Crippen molar-refractivity contribution in [1.82, 2.24) is 9.55 Å². The maximum absolute atomic E-state index is 9.86. The van der Waals surface area contributed by atoms with Gasteiger partial charge in [-0.2, -0.15) is 0 Å². The number of benzene rings is 1. The van der Waals surface area contributed by atoms with Crippen molar-refractivity contribution < 1.29 is 5.11 Å². The molecule has 0 bridgehead atoms. The molecule has 0 saturated carbocycles. The van der Waals surface area contributed by atoms with Gasteiger partial charge in [0.05, 0.1) is 6.54 Å². The number of nitrogens with one attached hydrogen (secondary N) is 1. The molecule has 1 aromatic carbocycles. The van der Waals surface area contributed by atoms with Crippen LogP contribution in [0.15, 0.2) is 36.9 Å². The van der Waals surface area contributed by atoms with E-state index in [1.807, 2.05) is 30.3 Å². The van der Waals surface area contributed by atoms with Crippen LogP contribution < -0.4 is 0 Å². The Morgan fingerprint density at radius 2 is 2.06 bits per heavy atom. The molecule has 0 aliphatic carbocycles. The molecule has 1 heterocycles. The average molecular weight is 232 g/mol. The largest absolute Gasteiger partial charge is 0.493 e. The van der Waals surface area contributed by atoms with Gasteiger partial charge in [-0.25, -0.2) is 0 Å². The molecule has 0 saturated heterocycles. The lowest BCUT2D eigenvalue weighted by Gasteiger charge is -2.04. The first-order chi connectivity index (χ1) is 7.72. The molecule has 16 heavy (non-hydrogen) atoms. The number of imidazole rings is 1. The van der Waals surface area contributed by atoms with Gasteiger partial charge in [0.2, 0.25) is 5.88 Å². The Morgan fingerprint density at radius 3 is 2.62 bits per heavy atom. The topological polar surface area (TPSA) is 41.0 Å². The number of aromatic nitrogens is 2. The zero-order valence-electron chi connectivity index (χ0n) is 8.68. The second-order valence-corrected chi connectivity index (χ2v) is 3.83. The van der Waals surface area contributed by atoms with E-state index in [1.54, 1.807) is 10.6 Å². The first kappa shape index (κ1) is 10.7. The van der Waals surface area contributed by atoms with Gasteiger partial charge in [-0.15, -0.1) is 0 Å². The van der Waals surface area contributed by atoms with Gasteiger partial charge >= 0.3 is 0 Å². The maximum atomic E-state index is 9.86. The van der Waals surface area contributed by atoms with E-state index in [9.17, 15) is 5.11 Å². The quantitative estimate of drug-likeness (QED) is 0.799. The highest BCUT2D eigenvalue weighted by molar-refractivity contribution is 7.71. The van der Waals surface area contributed by atoms with E-state index in [0.29, 0.717) is 17.0 Å². The van der Waals surface area contributed by atoms with E-state index < -0.39 is 0 Å². The molecule has 4 heteroatoms. The number of aromatic amines is 1. The molecule has 3 nitrogen and oxygen atoms in total. The van der Waals surface area contributed by atoms with Crippen molar-refractivity contribution in [3.8, 4) is 5.88 Å². The highest BCUT2D eigenvalue weighted by atomic mass is 32.1. The Hall–Kier alpha value is -1.81. The molecule has 0 radical (unpaired) electrons. The third-order valence-corrected chi connectivity index (χ3v) is 2.69. The average Bonchev–Trinajstić information content (AvgIpc) is 2.58. The fourth-order valence-corrected chi connectivity index (χ4v) is 1.80. The first-order valence-electron chi connectivity index (χ1n) is 4.90. The summed E-state index contributed by atoms with van der Waals surface area (Å²) in [7, 11) is 0. The van der Waals surface area contributed by atoms with Gasteiger partial charge in [-0.1, -0.05) is 36.9 Å². The lowest BCUT2D eigenvalue weighted by molar-refractivity contribution is 0.422. The van der Waals surface area contributed by atoms with Crippen LogP contribution in [0.5, 0.6) is 5.88 Å². The molecule has 0 fully saturated rings. The fraction of sp³-hybridized carbons (Fsp3) is 0.0833. The predicted octanol–water partition coefficient (Wildman–Crippen LogP) is 2.94. The molecular weight excluding hydrogens is 220 g/mol. The molecule has 82 valence electrons. The van der Waals surface area contributed by atoms with E-state index >= 15 is 0 Å². The summed E-state index contributed by atoms with van der Waals surface area (Å²) < 4.78 is 2.14. The molecule has 2 rings (SSSR count). The monoisotopic (exact) mass is 232 g/mol. The summed E-state index contributed by atoms with van der Waals surface area (Å²) in [5.74, 6) is 0.129. The number of rotatable bonds is 3. The third-order valence-electron chi connectivity index (χ3n) is 2.37. The predicted molar refractivity (Wildman–Crippen MR) is 66.9 cm³/mol. The van der Waals surface area contributed by atoms with Crippen LogP contribution in [0.4, 0.5) is 0 Å². The molecule has 0 amide bonds. The summed E-state index contributed by atoms with van der Waals surface area (Å²) in [6.45, 7) is 4.15. The Bertz CT molecular complexity index is 554. The third kappa shape index (κ3) is 1.92. The highest BCUT2D eigenvalue weighted by Crippen LogP contribution is 2.19. The Balaban J connectivity index is 2.39. The SMILES string of the molecule is C=Cc1[nH]c(=S)n(Cc2ccccc2)c1O. The van der Waals surface area contributed by atoms with E-state index in [4.69, 9.17) is 12.2 Å². The molecule has 0 aliphatic rings. The molecule has 2 N–H and O–H groups in total. The summed E-state index contributed by atoms with van der Waals surface area (Å²) in [6.07, 6.45) is 1.55. The number of nitrogens with zero attached hydrogens (tertiary/aromatic N) is 1. The van der Waals surface area contributed by atoms with Gasteiger partial charge in [0.1, 0.15) is 5.69 Å². The Labute approximate surface area is 98.7 Å². The smallest absolute Gasteiger partial charge is 0.218 e. The van der Waals surface area contributed by atoms with Gasteiger partial charge in [-0.05, 0) is 23.9 Å². The van der Waals surface area contributed by atoms with Crippen LogP contribution in [0.1, 0.15) is 11.3 Å². The molecule has 2 aromatic rings. The van der Waals surface area contributed by atoms with Crippen LogP contribution in [-0.2, 0) is 6.54 Å². The first-order valence-corrected chi connectivity index (χ1v) is 5.31. The minimum absolute atomic E-state index is 0.129. The van der Waals surface area contributed by atoms with Gasteiger partial charge < -0.3 is 10.1 Å². The molecule has 0 aliphatic heterocycles. The van der Waals surface area contributed by atoms with Gasteiger partial charge in [-0.3, -0.25) is 4.57 Å². The fourth-order valence-electron chi connectivity index (χ4n) is 1.54. The van der Waals surface area contributed by atoms with Crippen LogP contribution in [0.3, 0.4) is 0 Å². The van der Waals surface area contributed by atoms with Crippen LogP contribution in [0, 0.1) is 4.77 Å². The van der Waals surface area contributed by atoms with Gasteiger partial charge in [0.15, 0.2) is 4.77 Å². The van der Waals surface area contributed by atoms with Gasteiger partial charge in [0, 0.05) is 0 Å². The standard InChI is InChI=1S/C12H12N2OS/c1-2-10-11(15)14(12(16)13-10)8-9-6-4-3-5-7-9/h2-7,15H,1,8H2,(H,13,16). The highest BCUT2D eigenvalue weighted by Gasteiger charge is 2.08. The summed E-state index contributed by atoms with van der Waals surface area (Å²) in [4.78, 5) is 2.89. The molecular formula is C12H12N2OS. The summed E-state index contributed by atoms with van der Waals surface area (Å²) in [5.41, 5.74) is 1.64. The number of H-pyrrole nitrogens is 1. The number of hydrogen-bond acceptors (Lipinski definition) is 2. The van der Waals surface area contributed by atoms with Crippen LogP contribution in [-0.4, -0.2) is 14.7 Å². The molecule has 0 atom stereocenters. The van der Waals surface area contributed by atoms with Crippen molar-refractivity contribution in [2.24, 2.45) is 0 Å². The molecule has 0 spiro atoms. The van der Waals surface area contributed by atoms with E-state index in [2.05, 4.69) is 11.6 Å². The van der Waals surface area contributed by atoms with E-state index in [1.165, 1.54) is 0 Å². The lowest BCUT2D eigenvalue weighted by Crippen LogP contribution is -1.98. The zero-order chi connectivity index (χ0) is 11.5. The lowest BCUT2D eigenvalue weighted by atomic mass is 10.2. The maximum Gasteiger partial charge on any atom is 0.218 e. The number of aromatic hydroxyl groups is 1.